The fourth-order valence-electron chi connectivity index (χ4n) is 3.32. The fourth-order valence-corrected chi connectivity index (χ4v) is 3.32. The summed E-state index contributed by atoms with van der Waals surface area (Å²) in [4.78, 5) is 6.67. The van der Waals surface area contributed by atoms with Crippen molar-refractivity contribution in [2.45, 2.75) is 25.8 Å². The Kier molecular flexibility index (Phi) is 8.22. The molecule has 0 radical (unpaired) electrons. The predicted molar refractivity (Wildman–Crippen MR) is 122 cm³/mol. The van der Waals surface area contributed by atoms with E-state index < -0.39 is 0 Å². The lowest BCUT2D eigenvalue weighted by Gasteiger charge is -2.28. The molecule has 0 saturated carbocycles. The Morgan fingerprint density at radius 3 is 2.65 bits per heavy atom. The first-order valence-corrected chi connectivity index (χ1v) is 9.07. The van der Waals surface area contributed by atoms with Crippen LogP contribution >= 0.6 is 24.0 Å². The molecule has 0 bridgehead atoms. The SMILES string of the molecule is CN=C(NCCc1ccccc1)NCc1ccc2c(c1)CCCN2C.I. The number of fused-ring (bicyclic) bond motifs is 1. The molecule has 0 spiro atoms. The Morgan fingerprint density at radius 1 is 1.08 bits per heavy atom. The monoisotopic (exact) mass is 464 g/mol. The number of nitrogens with zero attached hydrogens (tertiary/aromatic N) is 2. The zero-order chi connectivity index (χ0) is 17.5. The predicted octanol–water partition coefficient (Wildman–Crippen LogP) is 3.59. The number of halogens is 1. The summed E-state index contributed by atoms with van der Waals surface area (Å²) in [6.45, 7) is 2.82. The molecule has 4 nitrogen and oxygen atoms in total. The second kappa shape index (κ2) is 10.4. The van der Waals surface area contributed by atoms with Crippen molar-refractivity contribution in [1.82, 2.24) is 10.6 Å². The highest BCUT2D eigenvalue weighted by Crippen LogP contribution is 2.26. The van der Waals surface area contributed by atoms with Crippen molar-refractivity contribution in [2.75, 3.05) is 32.1 Å². The number of hydrogen-bond donors (Lipinski definition) is 2. The van der Waals surface area contributed by atoms with Crippen molar-refractivity contribution in [3.63, 3.8) is 0 Å². The second-order valence-corrected chi connectivity index (χ2v) is 6.58. The van der Waals surface area contributed by atoms with Gasteiger partial charge >= 0.3 is 0 Å². The maximum atomic E-state index is 4.32. The molecular weight excluding hydrogens is 435 g/mol. The zero-order valence-electron chi connectivity index (χ0n) is 15.7. The number of aliphatic imine (C=N–C) groups is 1. The molecule has 0 unspecified atom stereocenters. The average molecular weight is 464 g/mol. The lowest BCUT2D eigenvalue weighted by molar-refractivity contribution is 0.740. The van der Waals surface area contributed by atoms with Crippen LogP contribution < -0.4 is 15.5 Å². The van der Waals surface area contributed by atoms with Crippen molar-refractivity contribution < 1.29 is 0 Å². The summed E-state index contributed by atoms with van der Waals surface area (Å²) >= 11 is 0. The molecule has 2 aromatic carbocycles. The molecule has 1 heterocycles. The van der Waals surface area contributed by atoms with E-state index in [1.54, 1.807) is 0 Å². The minimum Gasteiger partial charge on any atom is -0.374 e. The normalized spacial score (nSPS) is 13.6. The number of guanidine groups is 1. The standard InChI is InChI=1S/C21H28N4.HI/c1-22-21(23-13-12-17-7-4-3-5-8-17)24-16-18-10-11-20-19(15-18)9-6-14-25(20)2;/h3-5,7-8,10-11,15H,6,9,12-14,16H2,1-2H3,(H2,22,23,24);1H. The quantitative estimate of drug-likeness (QED) is 0.404. The highest BCUT2D eigenvalue weighted by Gasteiger charge is 2.13. The van der Waals surface area contributed by atoms with Crippen LogP contribution in [0.5, 0.6) is 0 Å². The molecule has 3 rings (SSSR count). The largest absolute Gasteiger partial charge is 0.374 e. The Bertz CT molecular complexity index is 715. The van der Waals surface area contributed by atoms with Gasteiger partial charge in [0.25, 0.3) is 0 Å². The van der Waals surface area contributed by atoms with E-state index in [2.05, 4.69) is 70.0 Å². The van der Waals surface area contributed by atoms with Crippen LogP contribution in [-0.2, 0) is 19.4 Å². The van der Waals surface area contributed by atoms with Crippen LogP contribution in [0.4, 0.5) is 5.69 Å². The third kappa shape index (κ3) is 5.62. The van der Waals surface area contributed by atoms with Crippen LogP contribution in [0, 0.1) is 0 Å². The van der Waals surface area contributed by atoms with E-state index in [1.165, 1.54) is 35.2 Å². The molecule has 0 aliphatic carbocycles. The van der Waals surface area contributed by atoms with Crippen molar-refractivity contribution in [3.8, 4) is 0 Å². The molecular formula is C21H29IN4. The summed E-state index contributed by atoms with van der Waals surface area (Å²) in [5.41, 5.74) is 5.48. The summed E-state index contributed by atoms with van der Waals surface area (Å²) in [6, 6.07) is 17.3. The van der Waals surface area contributed by atoms with E-state index in [-0.39, 0.29) is 24.0 Å². The highest BCUT2D eigenvalue weighted by atomic mass is 127. The van der Waals surface area contributed by atoms with E-state index in [0.717, 1.165) is 32.0 Å². The van der Waals surface area contributed by atoms with Crippen LogP contribution in [0.2, 0.25) is 0 Å². The van der Waals surface area contributed by atoms with Gasteiger partial charge < -0.3 is 15.5 Å². The molecule has 2 N–H and O–H groups in total. The van der Waals surface area contributed by atoms with E-state index in [1.807, 2.05) is 13.1 Å². The average Bonchev–Trinajstić information content (AvgIpc) is 2.65. The lowest BCUT2D eigenvalue weighted by Crippen LogP contribution is -2.37. The molecule has 5 heteroatoms. The summed E-state index contributed by atoms with van der Waals surface area (Å²) in [5.74, 6) is 0.853. The topological polar surface area (TPSA) is 39.7 Å². The van der Waals surface area contributed by atoms with E-state index in [4.69, 9.17) is 0 Å². The zero-order valence-corrected chi connectivity index (χ0v) is 18.0. The molecule has 0 fully saturated rings. The van der Waals surface area contributed by atoms with Gasteiger partial charge in [0.15, 0.2) is 5.96 Å². The molecule has 0 aromatic heterocycles. The maximum absolute atomic E-state index is 4.32. The summed E-state index contributed by atoms with van der Waals surface area (Å²) in [5, 5.41) is 6.80. The summed E-state index contributed by atoms with van der Waals surface area (Å²) < 4.78 is 0. The molecule has 26 heavy (non-hydrogen) atoms. The van der Waals surface area contributed by atoms with Gasteiger partial charge in [-0.1, -0.05) is 42.5 Å². The molecule has 0 saturated heterocycles. The van der Waals surface area contributed by atoms with Gasteiger partial charge in [-0.25, -0.2) is 0 Å². The van der Waals surface area contributed by atoms with E-state index in [0.29, 0.717) is 0 Å². The molecule has 0 atom stereocenters. The van der Waals surface area contributed by atoms with Crippen LogP contribution in [0.15, 0.2) is 53.5 Å². The van der Waals surface area contributed by atoms with Gasteiger partial charge in [0.2, 0.25) is 0 Å². The Morgan fingerprint density at radius 2 is 1.88 bits per heavy atom. The van der Waals surface area contributed by atoms with Gasteiger partial charge in [-0.3, -0.25) is 4.99 Å². The van der Waals surface area contributed by atoms with Gasteiger partial charge in [-0.2, -0.15) is 0 Å². The molecule has 1 aliphatic rings. The van der Waals surface area contributed by atoms with Crippen molar-refractivity contribution in [1.29, 1.82) is 0 Å². The first kappa shape index (κ1) is 20.6. The van der Waals surface area contributed by atoms with Gasteiger partial charge in [-0.15, -0.1) is 24.0 Å². The summed E-state index contributed by atoms with van der Waals surface area (Å²) in [6.07, 6.45) is 3.41. The second-order valence-electron chi connectivity index (χ2n) is 6.58. The Hall–Kier alpha value is -1.76. The number of hydrogen-bond acceptors (Lipinski definition) is 2. The Balaban J connectivity index is 0.00000243. The number of nitrogens with one attached hydrogen (secondary N) is 2. The molecule has 0 amide bonds. The highest BCUT2D eigenvalue weighted by molar-refractivity contribution is 14.0. The fraction of sp³-hybridized carbons (Fsp3) is 0.381. The van der Waals surface area contributed by atoms with Crippen molar-refractivity contribution >= 4 is 35.6 Å². The van der Waals surface area contributed by atoms with Crippen LogP contribution in [0.3, 0.4) is 0 Å². The lowest BCUT2D eigenvalue weighted by atomic mass is 9.99. The van der Waals surface area contributed by atoms with Crippen LogP contribution in [0.25, 0.3) is 0 Å². The number of aryl methyl sites for hydroxylation is 1. The Labute approximate surface area is 174 Å². The van der Waals surface area contributed by atoms with Gasteiger partial charge in [0, 0.05) is 39.4 Å². The van der Waals surface area contributed by atoms with Crippen molar-refractivity contribution in [3.05, 3.63) is 65.2 Å². The first-order chi connectivity index (χ1) is 12.3. The van der Waals surface area contributed by atoms with E-state index in [9.17, 15) is 0 Å². The van der Waals surface area contributed by atoms with E-state index >= 15 is 0 Å². The minimum atomic E-state index is 0. The van der Waals surface area contributed by atoms with Crippen LogP contribution in [-0.4, -0.2) is 33.1 Å². The van der Waals surface area contributed by atoms with Gasteiger partial charge in [-0.05, 0) is 42.0 Å². The summed E-state index contributed by atoms with van der Waals surface area (Å²) in [7, 11) is 3.99. The minimum absolute atomic E-state index is 0. The number of benzene rings is 2. The number of rotatable bonds is 5. The third-order valence-electron chi connectivity index (χ3n) is 4.73. The molecule has 140 valence electrons. The van der Waals surface area contributed by atoms with Crippen LogP contribution in [0.1, 0.15) is 23.1 Å². The van der Waals surface area contributed by atoms with Gasteiger partial charge in [0.05, 0.1) is 0 Å². The molecule has 2 aromatic rings. The number of anilines is 1. The smallest absolute Gasteiger partial charge is 0.191 e. The van der Waals surface area contributed by atoms with Gasteiger partial charge in [0.1, 0.15) is 0 Å². The van der Waals surface area contributed by atoms with Crippen molar-refractivity contribution in [2.24, 2.45) is 4.99 Å². The first-order valence-electron chi connectivity index (χ1n) is 9.07. The maximum Gasteiger partial charge on any atom is 0.191 e. The molecule has 1 aliphatic heterocycles. The third-order valence-corrected chi connectivity index (χ3v) is 4.73.